The Kier molecular flexibility index (Phi) is 21.5. The number of aliphatic hydroxyl groups excluding tert-OH is 2. The van der Waals surface area contributed by atoms with E-state index >= 15 is 0 Å². The molecule has 69 heavy (non-hydrogen) atoms. The number of rotatable bonds is 30. The van der Waals surface area contributed by atoms with E-state index in [-0.39, 0.29) is 62.9 Å². The van der Waals surface area contributed by atoms with Gasteiger partial charge in [-0.25, -0.2) is 4.79 Å². The van der Waals surface area contributed by atoms with Crippen molar-refractivity contribution in [1.29, 1.82) is 0 Å². The minimum absolute atomic E-state index is 0.0156. The van der Waals surface area contributed by atoms with E-state index in [0.29, 0.717) is 42.3 Å². The molecule has 3 aliphatic rings. The number of hydrogen-bond acceptors (Lipinski definition) is 10. The first-order valence-electron chi connectivity index (χ1n) is 25.8. The maximum absolute atomic E-state index is 14.6. The van der Waals surface area contributed by atoms with Crippen molar-refractivity contribution in [2.45, 2.75) is 147 Å². The van der Waals surface area contributed by atoms with Crippen LogP contribution in [0.15, 0.2) is 102 Å². The predicted octanol–water partition coefficient (Wildman–Crippen LogP) is 11.2. The van der Waals surface area contributed by atoms with Crippen LogP contribution in [0.25, 0.3) is 0 Å². The van der Waals surface area contributed by atoms with Gasteiger partial charge in [-0.05, 0) is 91.0 Å². The summed E-state index contributed by atoms with van der Waals surface area (Å²) in [5.74, 6) is -0.593. The summed E-state index contributed by atoms with van der Waals surface area (Å²) in [7, 11) is 3.42. The molecule has 12 heteroatoms. The van der Waals surface area contributed by atoms with Crippen molar-refractivity contribution in [3.05, 3.63) is 114 Å². The molecule has 0 radical (unpaired) electrons. The lowest BCUT2D eigenvalue weighted by molar-refractivity contribution is -0.255. The van der Waals surface area contributed by atoms with Gasteiger partial charge in [0.2, 0.25) is 11.7 Å². The second-order valence-corrected chi connectivity index (χ2v) is 19.1. The Morgan fingerprint density at radius 1 is 0.855 bits per heavy atom. The molecule has 12 nitrogen and oxygen atoms in total. The molecule has 1 aliphatic heterocycles. The minimum atomic E-state index is -1.41. The fourth-order valence-electron chi connectivity index (χ4n) is 10.8. The number of amides is 2. The van der Waals surface area contributed by atoms with Gasteiger partial charge in [-0.2, -0.15) is 0 Å². The van der Waals surface area contributed by atoms with Gasteiger partial charge in [-0.15, -0.1) is 6.58 Å². The quantitative estimate of drug-likeness (QED) is 0.0337. The van der Waals surface area contributed by atoms with Gasteiger partial charge < -0.3 is 44.2 Å². The molecular formula is C57H79N3O9. The standard InChI is InChI=1S/C57H79N3O9/c1-5-7-8-9-10-11-12-13-14-20-32-58-56(64)68-46-30-31-51-49(39-46)54-47(29-19-22-34-62)44(27-18-21-33-61)38-48-50(59-67-41-42-24-16-15-17-25-42)40-52(57(69-51,55(48)54)66-35-6-2)60(3)53(63)37-43-26-23-28-45(36-43)65-4/h6,15-17,23-26,28,30-31,36,38-39,44,47,52,54-55,61-62H,2,5,7-14,18-22,27,29,32-35,37,40-41H2,1,3-4H3,(H,58,64). The van der Waals surface area contributed by atoms with Crippen LogP contribution >= 0.6 is 0 Å². The van der Waals surface area contributed by atoms with Crippen molar-refractivity contribution in [3.8, 4) is 17.2 Å². The number of methoxy groups -OCH3 is 1. The number of nitrogens with one attached hydrogen (secondary N) is 1. The van der Waals surface area contributed by atoms with Gasteiger partial charge >= 0.3 is 6.09 Å². The SMILES string of the molecule is C=CCOC12Oc3ccc(OC(=O)NCCCCCCCCCCCC)cc3C3C(CCCCO)C(CCCCO)C=C(C(=NOCc4ccccc4)CC1N(C)C(=O)Cc1cccc(OC)c1)C32. The molecule has 1 saturated carbocycles. The summed E-state index contributed by atoms with van der Waals surface area (Å²) in [6.45, 7) is 7.39. The molecule has 3 aromatic carbocycles. The predicted molar refractivity (Wildman–Crippen MR) is 272 cm³/mol. The van der Waals surface area contributed by atoms with E-state index in [0.717, 1.165) is 67.2 Å². The molecule has 6 unspecified atom stereocenters. The normalized spacial score (nSPS) is 21.8. The molecule has 3 aromatic rings. The number of ether oxygens (including phenoxy) is 4. The van der Waals surface area contributed by atoms with Gasteiger partial charge in [0.15, 0.2) is 0 Å². The Morgan fingerprint density at radius 2 is 1.57 bits per heavy atom. The highest BCUT2D eigenvalue weighted by Gasteiger charge is 2.65. The van der Waals surface area contributed by atoms with E-state index < -0.39 is 23.8 Å². The summed E-state index contributed by atoms with van der Waals surface area (Å²) in [6.07, 6.45) is 20.5. The Balaban J connectivity index is 1.37. The van der Waals surface area contributed by atoms with Crippen molar-refractivity contribution in [2.75, 3.05) is 40.5 Å². The van der Waals surface area contributed by atoms with Crippen LogP contribution in [0.2, 0.25) is 0 Å². The minimum Gasteiger partial charge on any atom is -0.497 e. The third kappa shape index (κ3) is 14.5. The average Bonchev–Trinajstić information content (AvgIpc) is 3.36. The molecule has 376 valence electrons. The van der Waals surface area contributed by atoms with Gasteiger partial charge in [0.1, 0.15) is 29.9 Å². The number of oxime groups is 1. The third-order valence-electron chi connectivity index (χ3n) is 14.3. The molecule has 0 spiro atoms. The lowest BCUT2D eigenvalue weighted by atomic mass is 9.55. The van der Waals surface area contributed by atoms with E-state index in [2.05, 4.69) is 24.9 Å². The number of carbonyl (C=O) groups excluding carboxylic acids is 2. The molecule has 0 aromatic heterocycles. The number of hydrogen-bond donors (Lipinski definition) is 3. The number of allylic oxidation sites excluding steroid dienone is 1. The summed E-state index contributed by atoms with van der Waals surface area (Å²) in [5, 5.41) is 27.9. The smallest absolute Gasteiger partial charge is 0.412 e. The summed E-state index contributed by atoms with van der Waals surface area (Å²) in [6, 6.07) is 22.3. The van der Waals surface area contributed by atoms with Crippen LogP contribution in [0.5, 0.6) is 17.2 Å². The second-order valence-electron chi connectivity index (χ2n) is 19.1. The van der Waals surface area contributed by atoms with Crippen LogP contribution < -0.4 is 19.5 Å². The largest absolute Gasteiger partial charge is 0.497 e. The van der Waals surface area contributed by atoms with Crippen LogP contribution in [0.3, 0.4) is 0 Å². The van der Waals surface area contributed by atoms with Crippen LogP contribution in [-0.2, 0) is 27.4 Å². The Bertz CT molecular complexity index is 2130. The summed E-state index contributed by atoms with van der Waals surface area (Å²) in [5.41, 5.74) is 4.29. The topological polar surface area (TPSA) is 148 Å². The summed E-state index contributed by atoms with van der Waals surface area (Å²) in [4.78, 5) is 36.0. The lowest BCUT2D eigenvalue weighted by Crippen LogP contribution is -2.69. The highest BCUT2D eigenvalue weighted by Crippen LogP contribution is 2.62. The molecule has 2 aliphatic carbocycles. The molecule has 0 saturated heterocycles. The lowest BCUT2D eigenvalue weighted by Gasteiger charge is -2.59. The molecule has 2 amide bonds. The number of carbonyl (C=O) groups is 2. The van der Waals surface area contributed by atoms with Crippen LogP contribution in [0, 0.1) is 17.8 Å². The Labute approximate surface area is 411 Å². The number of nitrogens with zero attached hydrogens (tertiary/aromatic N) is 2. The second kappa shape index (κ2) is 27.9. The molecule has 0 bridgehead atoms. The summed E-state index contributed by atoms with van der Waals surface area (Å²) >= 11 is 0. The van der Waals surface area contributed by atoms with Gasteiger partial charge in [-0.1, -0.05) is 137 Å². The maximum atomic E-state index is 14.6. The van der Waals surface area contributed by atoms with Crippen LogP contribution in [0.1, 0.15) is 139 Å². The van der Waals surface area contributed by atoms with Gasteiger partial charge in [0, 0.05) is 44.7 Å². The first kappa shape index (κ1) is 53.2. The van der Waals surface area contributed by atoms with E-state index in [1.165, 1.54) is 44.9 Å². The number of benzene rings is 3. The molecule has 3 N–H and O–H groups in total. The molecule has 6 rings (SSSR count). The number of fused-ring (bicyclic) bond motifs is 2. The van der Waals surface area contributed by atoms with E-state index in [9.17, 15) is 19.8 Å². The molecule has 1 heterocycles. The number of unbranched alkanes of at least 4 members (excludes halogenated alkanes) is 11. The first-order chi connectivity index (χ1) is 33.8. The number of aliphatic hydroxyl groups is 2. The van der Waals surface area contributed by atoms with Crippen LogP contribution in [0.4, 0.5) is 4.79 Å². The van der Waals surface area contributed by atoms with E-state index in [1.54, 1.807) is 24.2 Å². The van der Waals surface area contributed by atoms with Crippen molar-refractivity contribution < 1.29 is 43.6 Å². The van der Waals surface area contributed by atoms with Gasteiger partial charge in [-0.3, -0.25) is 4.79 Å². The fraction of sp³-hybridized carbons (Fsp3) is 0.561. The number of likely N-dealkylation sites (N-methyl/N-ethyl adjacent to an activating group) is 1. The van der Waals surface area contributed by atoms with Gasteiger partial charge in [0.05, 0.1) is 31.8 Å². The fourth-order valence-corrected chi connectivity index (χ4v) is 10.8. The third-order valence-corrected chi connectivity index (χ3v) is 14.3. The molecule has 6 atom stereocenters. The van der Waals surface area contributed by atoms with Crippen molar-refractivity contribution in [1.82, 2.24) is 10.2 Å². The highest BCUT2D eigenvalue weighted by molar-refractivity contribution is 6.03. The maximum Gasteiger partial charge on any atom is 0.412 e. The zero-order valence-corrected chi connectivity index (χ0v) is 41.6. The van der Waals surface area contributed by atoms with E-state index in [1.807, 2.05) is 73.8 Å². The molecular weight excluding hydrogens is 871 g/mol. The van der Waals surface area contributed by atoms with Gasteiger partial charge in [0.25, 0.3) is 0 Å². The average molecular weight is 950 g/mol. The van der Waals surface area contributed by atoms with E-state index in [4.69, 9.17) is 28.9 Å². The van der Waals surface area contributed by atoms with Crippen molar-refractivity contribution in [2.24, 2.45) is 22.9 Å². The zero-order chi connectivity index (χ0) is 48.9. The first-order valence-corrected chi connectivity index (χ1v) is 25.8. The van der Waals surface area contributed by atoms with Crippen molar-refractivity contribution >= 4 is 17.7 Å². The molecule has 1 fully saturated rings. The zero-order valence-electron chi connectivity index (χ0n) is 41.6. The monoisotopic (exact) mass is 950 g/mol. The van der Waals surface area contributed by atoms with Crippen molar-refractivity contribution in [3.63, 3.8) is 0 Å². The summed E-state index contributed by atoms with van der Waals surface area (Å²) < 4.78 is 25.9. The Morgan fingerprint density at radius 3 is 2.28 bits per heavy atom. The van der Waals surface area contributed by atoms with Crippen LogP contribution in [-0.4, -0.2) is 85.2 Å². The highest BCUT2D eigenvalue weighted by atomic mass is 16.7. The Hall–Kier alpha value is -5.17.